The van der Waals surface area contributed by atoms with Gasteiger partial charge in [-0.25, -0.2) is 9.25 Å². The van der Waals surface area contributed by atoms with Gasteiger partial charge < -0.3 is 9.42 Å². The van der Waals surface area contributed by atoms with E-state index in [1.165, 1.54) is 0 Å². The topological polar surface area (TPSA) is 35.8 Å². The Morgan fingerprint density at radius 2 is 1.65 bits per heavy atom. The van der Waals surface area contributed by atoms with Gasteiger partial charge in [0.1, 0.15) is 14.1 Å². The van der Waals surface area contributed by atoms with Gasteiger partial charge in [-0.3, -0.25) is 4.57 Å². The quantitative estimate of drug-likeness (QED) is 0.304. The van der Waals surface area contributed by atoms with Crippen molar-refractivity contribution in [3.63, 3.8) is 0 Å². The van der Waals surface area contributed by atoms with Crippen LogP contribution in [0.15, 0.2) is 36.4 Å². The smallest absolute Gasteiger partial charge is 0.303 e. The van der Waals surface area contributed by atoms with E-state index < -0.39 is 7.52 Å². The Bertz CT molecular complexity index is 1170. The van der Waals surface area contributed by atoms with Crippen molar-refractivity contribution in [3.8, 4) is 10.4 Å². The molecule has 1 aliphatic carbocycles. The SMILES string of the molecule is COP(=O)(c1c2ccc(=[N+](C)C)cc-2sc2cc(N(C)C)ccc12)N(C(C)C)C(C)C. The van der Waals surface area contributed by atoms with Gasteiger partial charge in [0.15, 0.2) is 0 Å². The van der Waals surface area contributed by atoms with Crippen molar-refractivity contribution >= 4 is 39.9 Å². The number of fused-ring (bicyclic) bond motifs is 2. The molecule has 0 saturated heterocycles. The van der Waals surface area contributed by atoms with E-state index in [0.717, 1.165) is 36.9 Å². The first-order valence-corrected chi connectivity index (χ1v) is 13.0. The summed E-state index contributed by atoms with van der Waals surface area (Å²) in [5.74, 6) is 0. The number of anilines is 1. The highest BCUT2D eigenvalue weighted by Gasteiger charge is 2.40. The maximum atomic E-state index is 14.7. The molecule has 5 nitrogen and oxygen atoms in total. The average Bonchev–Trinajstić information content (AvgIpc) is 2.70. The molecule has 0 saturated carbocycles. The molecule has 1 unspecified atom stereocenters. The molecule has 1 aromatic carbocycles. The molecule has 0 aromatic heterocycles. The molecule has 168 valence electrons. The molecular formula is C24H35N3O2PS+. The first-order valence-electron chi connectivity index (χ1n) is 10.6. The fraction of sp³-hybridized carbons (Fsp3) is 0.458. The summed E-state index contributed by atoms with van der Waals surface area (Å²) in [7, 11) is 6.40. The van der Waals surface area contributed by atoms with Crippen LogP contribution in [-0.2, 0) is 9.09 Å². The number of hydrogen-bond acceptors (Lipinski definition) is 4. The zero-order valence-electron chi connectivity index (χ0n) is 20.1. The molecule has 1 heterocycles. The minimum absolute atomic E-state index is 0.0712. The molecule has 3 rings (SSSR count). The van der Waals surface area contributed by atoms with Crippen molar-refractivity contribution in [1.82, 2.24) is 9.25 Å². The Hall–Kier alpha value is -1.72. The molecule has 0 radical (unpaired) electrons. The zero-order valence-corrected chi connectivity index (χ0v) is 21.8. The predicted octanol–water partition coefficient (Wildman–Crippen LogP) is 4.69. The number of benzene rings is 2. The van der Waals surface area contributed by atoms with Crippen LogP contribution in [0, 0.1) is 0 Å². The molecule has 7 heteroatoms. The second-order valence-electron chi connectivity index (χ2n) is 8.87. The van der Waals surface area contributed by atoms with Crippen molar-refractivity contribution in [3.05, 3.63) is 41.8 Å². The van der Waals surface area contributed by atoms with Gasteiger partial charge in [0.05, 0.1) is 5.30 Å². The molecule has 31 heavy (non-hydrogen) atoms. The Morgan fingerprint density at radius 1 is 1.00 bits per heavy atom. The van der Waals surface area contributed by atoms with E-state index in [4.69, 9.17) is 4.52 Å². The second kappa shape index (κ2) is 9.03. The summed E-state index contributed by atoms with van der Waals surface area (Å²) in [6, 6.07) is 12.9. The Balaban J connectivity index is 2.52. The van der Waals surface area contributed by atoms with E-state index >= 15 is 0 Å². The van der Waals surface area contributed by atoms with E-state index in [2.05, 4.69) is 73.6 Å². The van der Waals surface area contributed by atoms with Crippen LogP contribution in [-0.4, -0.2) is 52.1 Å². The predicted molar refractivity (Wildman–Crippen MR) is 136 cm³/mol. The minimum Gasteiger partial charge on any atom is -0.378 e. The Kier molecular flexibility index (Phi) is 6.97. The molecule has 0 fully saturated rings. The molecular weight excluding hydrogens is 425 g/mol. The third kappa shape index (κ3) is 4.31. The minimum atomic E-state index is -3.33. The van der Waals surface area contributed by atoms with Crippen LogP contribution in [0.5, 0.6) is 0 Å². The lowest BCUT2D eigenvalue weighted by Gasteiger charge is -2.38. The fourth-order valence-electron chi connectivity index (χ4n) is 4.21. The van der Waals surface area contributed by atoms with Crippen LogP contribution in [0.25, 0.3) is 20.5 Å². The number of hydrogen-bond donors (Lipinski definition) is 0. The van der Waals surface area contributed by atoms with E-state index in [1.54, 1.807) is 18.4 Å². The lowest BCUT2D eigenvalue weighted by Crippen LogP contribution is -2.38. The van der Waals surface area contributed by atoms with Gasteiger partial charge in [-0.2, -0.15) is 0 Å². The van der Waals surface area contributed by atoms with E-state index in [9.17, 15) is 4.57 Å². The maximum absolute atomic E-state index is 14.7. The van der Waals surface area contributed by atoms with Gasteiger partial charge in [0.25, 0.3) is 0 Å². The standard InChI is InChI=1S/C24H35N3O2PS/c1-16(2)27(17(3)4)30(28,29-9)24-20-12-10-18(25(5)6)14-22(20)31-23-15-19(26(7)8)11-13-21(23)24/h10-17H,1-9H3/q+1. The van der Waals surface area contributed by atoms with Crippen LogP contribution in [0.2, 0.25) is 0 Å². The van der Waals surface area contributed by atoms with Crippen molar-refractivity contribution in [2.45, 2.75) is 39.8 Å². The fourth-order valence-corrected chi connectivity index (χ4v) is 8.34. The molecule has 0 bridgehead atoms. The largest absolute Gasteiger partial charge is 0.378 e. The number of rotatable bonds is 6. The Morgan fingerprint density at radius 3 is 2.16 bits per heavy atom. The summed E-state index contributed by atoms with van der Waals surface area (Å²) in [5, 5.41) is 2.92. The van der Waals surface area contributed by atoms with Gasteiger partial charge in [-0.1, -0.05) is 6.07 Å². The highest BCUT2D eigenvalue weighted by molar-refractivity contribution is 7.65. The molecule has 0 spiro atoms. The number of nitrogens with zero attached hydrogens (tertiary/aromatic N) is 3. The molecule has 1 aliphatic heterocycles. The summed E-state index contributed by atoms with van der Waals surface area (Å²) in [4.78, 5) is 3.20. The van der Waals surface area contributed by atoms with Gasteiger partial charge in [0, 0.05) is 71.6 Å². The molecule has 1 aromatic rings. The lowest BCUT2D eigenvalue weighted by atomic mass is 10.1. The maximum Gasteiger partial charge on any atom is 0.303 e. The van der Waals surface area contributed by atoms with Gasteiger partial charge >= 0.3 is 7.52 Å². The highest BCUT2D eigenvalue weighted by Crippen LogP contribution is 2.56. The van der Waals surface area contributed by atoms with E-state index in [-0.39, 0.29) is 12.1 Å². The lowest BCUT2D eigenvalue weighted by molar-refractivity contribution is 0.249. The zero-order chi connectivity index (χ0) is 23.1. The summed E-state index contributed by atoms with van der Waals surface area (Å²) >= 11 is 1.74. The van der Waals surface area contributed by atoms with Crippen molar-refractivity contribution in [2.24, 2.45) is 0 Å². The average molecular weight is 461 g/mol. The normalized spacial score (nSPS) is 14.1. The van der Waals surface area contributed by atoms with Crippen molar-refractivity contribution in [2.75, 3.05) is 40.2 Å². The van der Waals surface area contributed by atoms with Crippen molar-refractivity contribution < 1.29 is 9.09 Å². The van der Waals surface area contributed by atoms with Crippen molar-refractivity contribution in [1.29, 1.82) is 0 Å². The Labute approximate surface area is 190 Å². The van der Waals surface area contributed by atoms with Gasteiger partial charge in [0.2, 0.25) is 5.36 Å². The summed E-state index contributed by atoms with van der Waals surface area (Å²) in [6.07, 6.45) is 0. The summed E-state index contributed by atoms with van der Waals surface area (Å²) in [6.45, 7) is 8.32. The van der Waals surface area contributed by atoms with E-state index in [1.807, 2.05) is 32.9 Å². The van der Waals surface area contributed by atoms with Crippen LogP contribution in [0.1, 0.15) is 27.7 Å². The van der Waals surface area contributed by atoms with E-state index in [0.29, 0.717) is 0 Å². The third-order valence-corrected chi connectivity index (χ3v) is 9.77. The molecule has 0 amide bonds. The van der Waals surface area contributed by atoms with Crippen LogP contribution in [0.4, 0.5) is 5.69 Å². The van der Waals surface area contributed by atoms with Gasteiger partial charge in [-0.15, -0.1) is 11.3 Å². The van der Waals surface area contributed by atoms with Crippen LogP contribution < -0.4 is 20.1 Å². The van der Waals surface area contributed by atoms with Crippen LogP contribution in [0.3, 0.4) is 0 Å². The van der Waals surface area contributed by atoms with Gasteiger partial charge in [-0.05, 0) is 45.9 Å². The first-order chi connectivity index (χ1) is 14.5. The third-order valence-electron chi connectivity index (χ3n) is 5.59. The molecule has 0 N–H and O–H groups in total. The highest BCUT2D eigenvalue weighted by atomic mass is 32.1. The first kappa shape index (κ1) is 23.9. The molecule has 1 atom stereocenters. The molecule has 2 aliphatic rings. The second-order valence-corrected chi connectivity index (χ2v) is 12.3. The monoisotopic (exact) mass is 460 g/mol. The summed E-state index contributed by atoms with van der Waals surface area (Å²) < 4.78 is 25.9. The summed E-state index contributed by atoms with van der Waals surface area (Å²) in [5.41, 5.74) is 2.12. The van der Waals surface area contributed by atoms with Crippen LogP contribution >= 0.6 is 18.9 Å².